The maximum Gasteiger partial charge on any atom is 0.276 e. The molecule has 0 aliphatic heterocycles. The number of hydrazine groups is 1. The fraction of sp³-hybridized carbons (Fsp3) is 0.0500. The van der Waals surface area contributed by atoms with Crippen LogP contribution in [0.5, 0.6) is 5.75 Å². The largest absolute Gasteiger partial charge is 0.483 e. The molecule has 0 spiro atoms. The van der Waals surface area contributed by atoms with Crippen molar-refractivity contribution in [2.75, 3.05) is 6.61 Å². The van der Waals surface area contributed by atoms with Crippen LogP contribution < -0.4 is 20.9 Å². The van der Waals surface area contributed by atoms with Gasteiger partial charge in [0, 0.05) is 8.04 Å². The summed E-state index contributed by atoms with van der Waals surface area (Å²) in [6, 6.07) is 16.7. The Morgan fingerprint density at radius 3 is 2.57 bits per heavy atom. The predicted molar refractivity (Wildman–Crippen MR) is 135 cm³/mol. The fourth-order valence-electron chi connectivity index (χ4n) is 2.51. The normalized spacial score (nSPS) is 10.4. The van der Waals surface area contributed by atoms with Crippen LogP contribution in [0.15, 0.2) is 63.5 Å². The van der Waals surface area contributed by atoms with E-state index in [9.17, 15) is 9.59 Å². The molecule has 0 unspecified atom stereocenters. The lowest BCUT2D eigenvalue weighted by Gasteiger charge is -2.13. The summed E-state index contributed by atoms with van der Waals surface area (Å²) >= 11 is 14.1. The second-order valence-corrected chi connectivity index (χ2v) is 9.25. The van der Waals surface area contributed by atoms with Crippen LogP contribution in [0.1, 0.15) is 10.4 Å². The monoisotopic (exact) mass is 661 g/mol. The smallest absolute Gasteiger partial charge is 0.276 e. The van der Waals surface area contributed by atoms with Crippen molar-refractivity contribution < 1.29 is 14.3 Å². The third-order valence-corrected chi connectivity index (χ3v) is 6.36. The van der Waals surface area contributed by atoms with Crippen LogP contribution in [0.25, 0.3) is 10.8 Å². The van der Waals surface area contributed by atoms with Crippen LogP contribution in [0.2, 0.25) is 0 Å². The van der Waals surface area contributed by atoms with E-state index >= 15 is 0 Å². The van der Waals surface area contributed by atoms with Gasteiger partial charge in [-0.2, -0.15) is 0 Å². The number of carbonyl (C=O) groups excluding carboxylic acids is 2. The van der Waals surface area contributed by atoms with E-state index in [-0.39, 0.29) is 17.6 Å². The Morgan fingerprint density at radius 2 is 1.80 bits per heavy atom. The van der Waals surface area contributed by atoms with Crippen molar-refractivity contribution in [1.29, 1.82) is 0 Å². The molecule has 0 saturated carbocycles. The van der Waals surface area contributed by atoms with Crippen molar-refractivity contribution in [3.63, 3.8) is 0 Å². The number of amides is 2. The number of thiocarbonyl (C=S) groups is 1. The van der Waals surface area contributed by atoms with Crippen LogP contribution >= 0.6 is 66.7 Å². The molecule has 0 bridgehead atoms. The van der Waals surface area contributed by atoms with Gasteiger partial charge in [-0.15, -0.1) is 0 Å². The summed E-state index contributed by atoms with van der Waals surface area (Å²) in [5.41, 5.74) is 5.38. The SMILES string of the molecule is O=C(COc1ccc2cc(Br)ccc2c1Br)NNC(=S)NC(=O)c1ccccc1I. The summed E-state index contributed by atoms with van der Waals surface area (Å²) < 4.78 is 8.12. The molecule has 0 saturated heterocycles. The van der Waals surface area contributed by atoms with E-state index in [4.69, 9.17) is 17.0 Å². The second kappa shape index (κ2) is 10.5. The van der Waals surface area contributed by atoms with E-state index in [0.29, 0.717) is 11.3 Å². The molecule has 0 atom stereocenters. The van der Waals surface area contributed by atoms with Gasteiger partial charge in [0.2, 0.25) is 0 Å². The van der Waals surface area contributed by atoms with Crippen molar-refractivity contribution in [2.24, 2.45) is 0 Å². The minimum atomic E-state index is -0.455. The van der Waals surface area contributed by atoms with Gasteiger partial charge in [-0.1, -0.05) is 40.2 Å². The molecule has 0 aliphatic rings. The number of nitrogens with one attached hydrogen (secondary N) is 3. The Kier molecular flexibility index (Phi) is 8.03. The standard InChI is InChI=1S/C20H14Br2IN3O3S/c21-12-6-7-13-11(9-12)5-8-16(18(13)22)29-10-17(27)25-26-20(30)24-19(28)14-3-1-2-4-15(14)23/h1-9H,10H2,(H,25,27)(H2,24,26,28,30). The Bertz CT molecular complexity index is 1140. The van der Waals surface area contributed by atoms with Crippen molar-refractivity contribution in [3.05, 3.63) is 72.7 Å². The van der Waals surface area contributed by atoms with Gasteiger partial charge in [0.25, 0.3) is 11.8 Å². The molecular weight excluding hydrogens is 649 g/mol. The molecule has 3 aromatic carbocycles. The molecule has 154 valence electrons. The molecule has 0 radical (unpaired) electrons. The highest BCUT2D eigenvalue weighted by molar-refractivity contribution is 14.1. The lowest BCUT2D eigenvalue weighted by Crippen LogP contribution is -2.49. The Hall–Kier alpha value is -1.76. The number of ether oxygens (including phenoxy) is 1. The van der Waals surface area contributed by atoms with Gasteiger partial charge in [0.1, 0.15) is 5.75 Å². The zero-order valence-corrected chi connectivity index (χ0v) is 21.3. The zero-order chi connectivity index (χ0) is 21.7. The maximum absolute atomic E-state index is 12.2. The first-order valence-corrected chi connectivity index (χ1v) is 11.6. The molecule has 3 rings (SSSR count). The van der Waals surface area contributed by atoms with Crippen LogP contribution in [-0.4, -0.2) is 23.5 Å². The van der Waals surface area contributed by atoms with E-state index in [2.05, 4.69) is 70.6 Å². The molecule has 6 nitrogen and oxygen atoms in total. The fourth-order valence-corrected chi connectivity index (χ4v) is 4.27. The topological polar surface area (TPSA) is 79.5 Å². The maximum atomic E-state index is 12.2. The number of benzene rings is 3. The van der Waals surface area contributed by atoms with Crippen LogP contribution in [-0.2, 0) is 4.79 Å². The quantitative estimate of drug-likeness (QED) is 0.215. The van der Waals surface area contributed by atoms with Crippen molar-refractivity contribution >= 4 is 94.4 Å². The van der Waals surface area contributed by atoms with Crippen LogP contribution in [0.4, 0.5) is 0 Å². The Labute approximate surface area is 208 Å². The first kappa shape index (κ1) is 22.9. The molecule has 3 N–H and O–H groups in total. The molecule has 0 aromatic heterocycles. The van der Waals surface area contributed by atoms with Gasteiger partial charge >= 0.3 is 0 Å². The summed E-state index contributed by atoms with van der Waals surface area (Å²) in [4.78, 5) is 24.3. The number of halogens is 3. The number of hydrogen-bond donors (Lipinski definition) is 3. The number of hydrogen-bond acceptors (Lipinski definition) is 4. The van der Waals surface area contributed by atoms with Crippen molar-refractivity contribution in [3.8, 4) is 5.75 Å². The highest BCUT2D eigenvalue weighted by Gasteiger charge is 2.12. The lowest BCUT2D eigenvalue weighted by atomic mass is 10.1. The first-order valence-electron chi connectivity index (χ1n) is 8.50. The summed E-state index contributed by atoms with van der Waals surface area (Å²) in [6.07, 6.45) is 0. The van der Waals surface area contributed by atoms with Gasteiger partial charge in [-0.25, -0.2) is 0 Å². The summed E-state index contributed by atoms with van der Waals surface area (Å²) in [7, 11) is 0. The molecule has 0 fully saturated rings. The highest BCUT2D eigenvalue weighted by atomic mass is 127. The van der Waals surface area contributed by atoms with Gasteiger partial charge in [0.15, 0.2) is 11.7 Å². The zero-order valence-electron chi connectivity index (χ0n) is 15.2. The predicted octanol–water partition coefficient (Wildman–Crippen LogP) is 4.68. The van der Waals surface area contributed by atoms with Gasteiger partial charge in [0.05, 0.1) is 10.0 Å². The van der Waals surface area contributed by atoms with E-state index in [1.54, 1.807) is 18.2 Å². The molecule has 2 amide bonds. The van der Waals surface area contributed by atoms with E-state index in [1.165, 1.54) is 0 Å². The lowest BCUT2D eigenvalue weighted by molar-refractivity contribution is -0.123. The molecular formula is C20H14Br2IN3O3S. The molecule has 0 heterocycles. The summed E-state index contributed by atoms with van der Waals surface area (Å²) in [6.45, 7) is -0.235. The molecule has 30 heavy (non-hydrogen) atoms. The van der Waals surface area contributed by atoms with Gasteiger partial charge < -0.3 is 4.74 Å². The average Bonchev–Trinajstić information content (AvgIpc) is 2.72. The van der Waals surface area contributed by atoms with E-state index < -0.39 is 5.91 Å². The van der Waals surface area contributed by atoms with Gasteiger partial charge in [-0.3, -0.25) is 25.8 Å². The molecule has 10 heteroatoms. The first-order chi connectivity index (χ1) is 14.3. The van der Waals surface area contributed by atoms with Gasteiger partial charge in [-0.05, 0) is 91.8 Å². The number of fused-ring (bicyclic) bond motifs is 1. The van der Waals surface area contributed by atoms with E-state index in [1.807, 2.05) is 36.4 Å². The third-order valence-electron chi connectivity index (χ3n) is 3.90. The van der Waals surface area contributed by atoms with Crippen LogP contribution in [0.3, 0.4) is 0 Å². The molecule has 0 aliphatic carbocycles. The summed E-state index contributed by atoms with van der Waals surface area (Å²) in [5, 5.41) is 4.48. The van der Waals surface area contributed by atoms with Crippen LogP contribution in [0, 0.1) is 3.57 Å². The number of rotatable bonds is 4. The Balaban J connectivity index is 1.50. The minimum Gasteiger partial charge on any atom is -0.483 e. The molecule has 3 aromatic rings. The van der Waals surface area contributed by atoms with Crippen molar-refractivity contribution in [2.45, 2.75) is 0 Å². The minimum absolute atomic E-state index is 0.0227. The Morgan fingerprint density at radius 1 is 1.03 bits per heavy atom. The van der Waals surface area contributed by atoms with Crippen molar-refractivity contribution in [1.82, 2.24) is 16.2 Å². The highest BCUT2D eigenvalue weighted by Crippen LogP contribution is 2.34. The van der Waals surface area contributed by atoms with E-state index in [0.717, 1.165) is 23.3 Å². The third kappa shape index (κ3) is 5.90. The summed E-state index contributed by atoms with van der Waals surface area (Å²) in [5.74, 6) is -0.284. The number of carbonyl (C=O) groups is 2. The average molecular weight is 663 g/mol. The second-order valence-electron chi connectivity index (χ2n) is 5.97.